The Morgan fingerprint density at radius 1 is 1.30 bits per heavy atom. The van der Waals surface area contributed by atoms with Gasteiger partial charge in [-0.05, 0) is 50.1 Å². The van der Waals surface area contributed by atoms with E-state index in [0.717, 1.165) is 25.2 Å². The summed E-state index contributed by atoms with van der Waals surface area (Å²) in [5.74, 6) is 0.689. The number of nitrogens with one attached hydrogen (secondary N) is 1. The molecule has 3 heterocycles. The molecular weight excluding hydrogens is 371 g/mol. The first-order valence-corrected chi connectivity index (χ1v) is 9.09. The van der Waals surface area contributed by atoms with Crippen molar-refractivity contribution in [3.63, 3.8) is 0 Å². The quantitative estimate of drug-likeness (QED) is 0.746. The van der Waals surface area contributed by atoms with Crippen molar-refractivity contribution in [2.24, 2.45) is 5.92 Å². The van der Waals surface area contributed by atoms with Crippen LogP contribution in [0, 0.1) is 18.7 Å². The number of aryl methyl sites for hydroxylation is 1. The smallest absolute Gasteiger partial charge is 0.229 e. The minimum absolute atomic E-state index is 0.0140. The van der Waals surface area contributed by atoms with Gasteiger partial charge in [-0.3, -0.25) is 4.79 Å². The second kappa shape index (κ2) is 7.11. The van der Waals surface area contributed by atoms with Gasteiger partial charge in [0.05, 0.1) is 10.9 Å². The van der Waals surface area contributed by atoms with Crippen LogP contribution < -0.4 is 10.2 Å². The number of carbonyl (C=O) groups is 1. The van der Waals surface area contributed by atoms with E-state index in [4.69, 9.17) is 11.6 Å². The average Bonchev–Trinajstić information content (AvgIpc) is 3.05. The van der Waals surface area contributed by atoms with Crippen molar-refractivity contribution in [2.45, 2.75) is 19.8 Å². The van der Waals surface area contributed by atoms with Gasteiger partial charge in [-0.25, -0.2) is 4.39 Å². The summed E-state index contributed by atoms with van der Waals surface area (Å²) in [6, 6.07) is 7.92. The first-order chi connectivity index (χ1) is 13.0. The maximum absolute atomic E-state index is 13.3. The monoisotopic (exact) mass is 388 g/mol. The molecule has 1 aromatic carbocycles. The second-order valence-electron chi connectivity index (χ2n) is 6.61. The highest BCUT2D eigenvalue weighted by Gasteiger charge is 2.27. The van der Waals surface area contributed by atoms with Gasteiger partial charge in [0.1, 0.15) is 11.6 Å². The van der Waals surface area contributed by atoms with E-state index in [0.29, 0.717) is 23.7 Å². The number of halogens is 2. The molecule has 1 aliphatic heterocycles. The zero-order valence-electron chi connectivity index (χ0n) is 14.7. The lowest BCUT2D eigenvalue weighted by Gasteiger charge is -2.32. The van der Waals surface area contributed by atoms with Gasteiger partial charge in [0.2, 0.25) is 5.91 Å². The summed E-state index contributed by atoms with van der Waals surface area (Å²) in [5, 5.41) is 15.4. The number of carbonyl (C=O) groups excluding carboxylic acids is 1. The fourth-order valence-electron chi connectivity index (χ4n) is 3.27. The molecule has 27 heavy (non-hydrogen) atoms. The fraction of sp³-hybridized carbons (Fsp3) is 0.333. The number of benzene rings is 1. The lowest BCUT2D eigenvalue weighted by molar-refractivity contribution is -0.120. The molecule has 4 rings (SSSR count). The van der Waals surface area contributed by atoms with E-state index in [-0.39, 0.29) is 16.8 Å². The molecule has 1 unspecified atom stereocenters. The summed E-state index contributed by atoms with van der Waals surface area (Å²) in [7, 11) is 0. The van der Waals surface area contributed by atoms with Gasteiger partial charge < -0.3 is 10.2 Å². The van der Waals surface area contributed by atoms with Crippen LogP contribution in [0.15, 0.2) is 30.3 Å². The molecule has 0 aliphatic carbocycles. The minimum atomic E-state index is -0.510. The number of hydrogen-bond donors (Lipinski definition) is 1. The van der Waals surface area contributed by atoms with Crippen LogP contribution in [0.4, 0.5) is 15.9 Å². The molecule has 0 saturated carbocycles. The van der Waals surface area contributed by atoms with E-state index in [1.807, 2.05) is 19.1 Å². The van der Waals surface area contributed by atoms with Crippen molar-refractivity contribution < 1.29 is 9.18 Å². The maximum atomic E-state index is 13.3. The summed E-state index contributed by atoms with van der Waals surface area (Å²) in [4.78, 5) is 14.7. The van der Waals surface area contributed by atoms with Crippen molar-refractivity contribution >= 4 is 34.7 Å². The van der Waals surface area contributed by atoms with E-state index < -0.39 is 5.82 Å². The second-order valence-corrected chi connectivity index (χ2v) is 7.02. The molecule has 1 aliphatic rings. The van der Waals surface area contributed by atoms with Crippen molar-refractivity contribution in [1.29, 1.82) is 0 Å². The first-order valence-electron chi connectivity index (χ1n) is 8.71. The van der Waals surface area contributed by atoms with Crippen LogP contribution in [0.2, 0.25) is 5.02 Å². The fourth-order valence-corrected chi connectivity index (χ4v) is 3.45. The molecule has 0 bridgehead atoms. The summed E-state index contributed by atoms with van der Waals surface area (Å²) in [6.45, 7) is 3.23. The van der Waals surface area contributed by atoms with Gasteiger partial charge in [-0.15, -0.1) is 15.3 Å². The molecule has 9 heteroatoms. The summed E-state index contributed by atoms with van der Waals surface area (Å²) in [6.07, 6.45) is 1.66. The Bertz CT molecular complexity index is 1010. The number of aromatic nitrogens is 4. The third-order valence-electron chi connectivity index (χ3n) is 4.71. The molecule has 140 valence electrons. The zero-order valence-corrected chi connectivity index (χ0v) is 15.4. The van der Waals surface area contributed by atoms with Gasteiger partial charge in [-0.2, -0.15) is 4.52 Å². The summed E-state index contributed by atoms with van der Waals surface area (Å²) < 4.78 is 15.0. The van der Waals surface area contributed by atoms with E-state index in [9.17, 15) is 9.18 Å². The third-order valence-corrected chi connectivity index (χ3v) is 5.00. The van der Waals surface area contributed by atoms with Crippen LogP contribution in [-0.2, 0) is 4.79 Å². The van der Waals surface area contributed by atoms with E-state index in [1.165, 1.54) is 18.2 Å². The Balaban J connectivity index is 1.48. The molecule has 0 spiro atoms. The van der Waals surface area contributed by atoms with Crippen molar-refractivity contribution in [3.05, 3.63) is 47.0 Å². The molecule has 1 fully saturated rings. The molecular formula is C18H18ClFN6O. The van der Waals surface area contributed by atoms with Gasteiger partial charge in [-0.1, -0.05) is 11.6 Å². The topological polar surface area (TPSA) is 75.4 Å². The van der Waals surface area contributed by atoms with Crippen LogP contribution in [-0.4, -0.2) is 38.8 Å². The predicted octanol–water partition coefficient (Wildman–Crippen LogP) is 3.08. The number of amides is 1. The normalized spacial score (nSPS) is 17.3. The number of anilines is 2. The Kier molecular flexibility index (Phi) is 4.65. The van der Waals surface area contributed by atoms with Crippen molar-refractivity contribution in [3.8, 4) is 0 Å². The minimum Gasteiger partial charge on any atom is -0.354 e. The SMILES string of the molecule is Cc1nnc2ccc(N3CCCC(C(=O)Nc4ccc(F)c(Cl)c4)C3)nn12. The first kappa shape index (κ1) is 17.7. The Hall–Kier alpha value is -2.74. The molecule has 7 nitrogen and oxygen atoms in total. The zero-order chi connectivity index (χ0) is 19.0. The van der Waals surface area contributed by atoms with E-state index in [2.05, 4.69) is 25.5 Å². The van der Waals surface area contributed by atoms with Crippen LogP contribution in [0.5, 0.6) is 0 Å². The molecule has 3 aromatic rings. The van der Waals surface area contributed by atoms with Crippen LogP contribution in [0.1, 0.15) is 18.7 Å². The number of nitrogens with zero attached hydrogens (tertiary/aromatic N) is 5. The van der Waals surface area contributed by atoms with Crippen LogP contribution in [0.25, 0.3) is 5.65 Å². The molecule has 0 radical (unpaired) electrons. The molecule has 1 amide bonds. The largest absolute Gasteiger partial charge is 0.354 e. The van der Waals surface area contributed by atoms with Gasteiger partial charge in [0.25, 0.3) is 0 Å². The Morgan fingerprint density at radius 2 is 2.15 bits per heavy atom. The third kappa shape index (κ3) is 3.57. The number of hydrogen-bond acceptors (Lipinski definition) is 5. The summed E-state index contributed by atoms with van der Waals surface area (Å²) in [5.41, 5.74) is 1.18. The molecule has 1 saturated heterocycles. The van der Waals surface area contributed by atoms with Crippen LogP contribution in [0.3, 0.4) is 0 Å². The van der Waals surface area contributed by atoms with Gasteiger partial charge >= 0.3 is 0 Å². The average molecular weight is 389 g/mol. The number of rotatable bonds is 3. The Morgan fingerprint density at radius 3 is 2.96 bits per heavy atom. The molecule has 1 N–H and O–H groups in total. The molecule has 1 atom stereocenters. The lowest BCUT2D eigenvalue weighted by Crippen LogP contribution is -2.41. The van der Waals surface area contributed by atoms with Crippen molar-refractivity contribution in [2.75, 3.05) is 23.3 Å². The van der Waals surface area contributed by atoms with Crippen LogP contribution >= 0.6 is 11.6 Å². The summed E-state index contributed by atoms with van der Waals surface area (Å²) >= 11 is 5.78. The van der Waals surface area contributed by atoms with E-state index >= 15 is 0 Å². The van der Waals surface area contributed by atoms with E-state index in [1.54, 1.807) is 4.52 Å². The lowest BCUT2D eigenvalue weighted by atomic mass is 9.97. The standard InChI is InChI=1S/C18H18ClFN6O/c1-11-22-23-16-6-7-17(24-26(11)16)25-8-2-3-12(10-25)18(27)21-13-4-5-15(20)14(19)9-13/h4-7,9,12H,2-3,8,10H2,1H3,(H,21,27). The van der Waals surface area contributed by atoms with Gasteiger partial charge in [0.15, 0.2) is 11.5 Å². The highest BCUT2D eigenvalue weighted by Crippen LogP contribution is 2.24. The van der Waals surface area contributed by atoms with Gasteiger partial charge in [0, 0.05) is 18.8 Å². The maximum Gasteiger partial charge on any atom is 0.229 e. The Labute approximate surface area is 160 Å². The highest BCUT2D eigenvalue weighted by molar-refractivity contribution is 6.31. The highest BCUT2D eigenvalue weighted by atomic mass is 35.5. The molecule has 2 aromatic heterocycles. The number of piperidine rings is 1. The number of fused-ring (bicyclic) bond motifs is 1. The predicted molar refractivity (Wildman–Crippen MR) is 100 cm³/mol. The van der Waals surface area contributed by atoms with Crippen molar-refractivity contribution in [1.82, 2.24) is 19.8 Å².